The fourth-order valence-electron chi connectivity index (χ4n) is 1.27. The first kappa shape index (κ1) is 11.6. The second kappa shape index (κ2) is 4.37. The molecule has 0 radical (unpaired) electrons. The normalized spacial score (nSPS) is 11.1. The molecule has 0 aromatic carbocycles. The maximum Gasteiger partial charge on any atom is 0.162 e. The van der Waals surface area contributed by atoms with Crippen LogP contribution in [0.3, 0.4) is 0 Å². The zero-order chi connectivity index (χ0) is 11.5. The molecule has 0 N–H and O–H groups in total. The Labute approximate surface area is 89.9 Å². The van der Waals surface area contributed by atoms with E-state index >= 15 is 0 Å². The molecule has 0 bridgehead atoms. The van der Waals surface area contributed by atoms with Gasteiger partial charge < -0.3 is 4.74 Å². The summed E-state index contributed by atoms with van der Waals surface area (Å²) in [5, 5.41) is 8.98. The lowest BCUT2D eigenvalue weighted by atomic mass is 9.90. The van der Waals surface area contributed by atoms with E-state index in [9.17, 15) is 0 Å². The van der Waals surface area contributed by atoms with Crippen molar-refractivity contribution < 1.29 is 4.74 Å². The summed E-state index contributed by atoms with van der Waals surface area (Å²) in [6.07, 6.45) is 1.66. The number of nitriles is 1. The number of hydrogen-bond donors (Lipinski definition) is 0. The standard InChI is InChI=1S/C11H15N3O/c1-11(2,3)10-9(5-12)14-8(6-13-10)7-15-4/h6H,7H2,1-4H3. The van der Waals surface area contributed by atoms with Gasteiger partial charge >= 0.3 is 0 Å². The predicted molar refractivity (Wildman–Crippen MR) is 56.2 cm³/mol. The van der Waals surface area contributed by atoms with Crippen molar-refractivity contribution in [1.29, 1.82) is 5.26 Å². The average Bonchev–Trinajstić information content (AvgIpc) is 2.16. The van der Waals surface area contributed by atoms with Crippen molar-refractivity contribution in [2.24, 2.45) is 0 Å². The van der Waals surface area contributed by atoms with Gasteiger partial charge in [-0.25, -0.2) is 4.98 Å². The molecule has 0 fully saturated rings. The summed E-state index contributed by atoms with van der Waals surface area (Å²) in [6.45, 7) is 6.40. The van der Waals surface area contributed by atoms with E-state index in [0.717, 1.165) is 5.69 Å². The highest BCUT2D eigenvalue weighted by Crippen LogP contribution is 2.22. The van der Waals surface area contributed by atoms with Gasteiger partial charge in [-0.2, -0.15) is 5.26 Å². The van der Waals surface area contributed by atoms with Crippen LogP contribution in [0.4, 0.5) is 0 Å². The van der Waals surface area contributed by atoms with Gasteiger partial charge in [-0.15, -0.1) is 0 Å². The SMILES string of the molecule is COCc1cnc(C(C)(C)C)c(C#N)n1. The van der Waals surface area contributed by atoms with E-state index in [1.807, 2.05) is 20.8 Å². The Balaban J connectivity index is 3.17. The van der Waals surface area contributed by atoms with E-state index in [0.29, 0.717) is 18.0 Å². The van der Waals surface area contributed by atoms with Crippen molar-refractivity contribution in [2.75, 3.05) is 7.11 Å². The summed E-state index contributed by atoms with van der Waals surface area (Å²) < 4.78 is 4.94. The van der Waals surface area contributed by atoms with Crippen LogP contribution in [0.15, 0.2) is 6.20 Å². The van der Waals surface area contributed by atoms with Crippen molar-refractivity contribution >= 4 is 0 Å². The molecule has 0 saturated carbocycles. The van der Waals surface area contributed by atoms with Gasteiger partial charge in [-0.3, -0.25) is 4.98 Å². The smallest absolute Gasteiger partial charge is 0.162 e. The molecule has 4 heteroatoms. The Bertz CT molecular complexity index is 388. The second-order valence-electron chi connectivity index (χ2n) is 4.35. The fraction of sp³-hybridized carbons (Fsp3) is 0.545. The first-order valence-electron chi connectivity index (χ1n) is 4.74. The highest BCUT2D eigenvalue weighted by molar-refractivity contribution is 5.31. The summed E-state index contributed by atoms with van der Waals surface area (Å²) in [6, 6.07) is 2.07. The van der Waals surface area contributed by atoms with Crippen LogP contribution in [0.5, 0.6) is 0 Å². The molecule has 1 aromatic heterocycles. The van der Waals surface area contributed by atoms with Gasteiger partial charge in [-0.1, -0.05) is 20.8 Å². The van der Waals surface area contributed by atoms with Crippen LogP contribution in [0.25, 0.3) is 0 Å². The molecule has 0 spiro atoms. The maximum atomic E-state index is 8.98. The molecule has 4 nitrogen and oxygen atoms in total. The van der Waals surface area contributed by atoms with E-state index in [1.54, 1.807) is 13.3 Å². The van der Waals surface area contributed by atoms with Gasteiger partial charge in [0.2, 0.25) is 0 Å². The van der Waals surface area contributed by atoms with E-state index in [4.69, 9.17) is 10.00 Å². The molecule has 80 valence electrons. The molecule has 15 heavy (non-hydrogen) atoms. The third-order valence-corrected chi connectivity index (χ3v) is 1.93. The third-order valence-electron chi connectivity index (χ3n) is 1.93. The van der Waals surface area contributed by atoms with Crippen LogP contribution >= 0.6 is 0 Å². The number of aromatic nitrogens is 2. The molecule has 0 aliphatic heterocycles. The molecule has 0 amide bonds. The molecule has 1 aromatic rings. The minimum absolute atomic E-state index is 0.163. The van der Waals surface area contributed by atoms with Crippen LogP contribution < -0.4 is 0 Å². The molecule has 1 rings (SSSR count). The van der Waals surface area contributed by atoms with Crippen LogP contribution in [-0.2, 0) is 16.8 Å². The molecular formula is C11H15N3O. The van der Waals surface area contributed by atoms with Gasteiger partial charge in [0.15, 0.2) is 5.69 Å². The second-order valence-corrected chi connectivity index (χ2v) is 4.35. The summed E-state index contributed by atoms with van der Waals surface area (Å²) in [7, 11) is 1.59. The number of methoxy groups -OCH3 is 1. The van der Waals surface area contributed by atoms with E-state index < -0.39 is 0 Å². The molecular weight excluding hydrogens is 190 g/mol. The van der Waals surface area contributed by atoms with Gasteiger partial charge in [0.1, 0.15) is 6.07 Å². The van der Waals surface area contributed by atoms with Crippen LogP contribution in [0, 0.1) is 11.3 Å². The number of nitrogens with zero attached hydrogens (tertiary/aromatic N) is 3. The summed E-state index contributed by atoms with van der Waals surface area (Å²) >= 11 is 0. The quantitative estimate of drug-likeness (QED) is 0.738. The Kier molecular flexibility index (Phi) is 3.38. The zero-order valence-corrected chi connectivity index (χ0v) is 9.53. The maximum absolute atomic E-state index is 8.98. The van der Waals surface area contributed by atoms with Crippen LogP contribution in [0.2, 0.25) is 0 Å². The topological polar surface area (TPSA) is 58.8 Å². The largest absolute Gasteiger partial charge is 0.378 e. The van der Waals surface area contributed by atoms with Crippen molar-refractivity contribution in [3.8, 4) is 6.07 Å². The zero-order valence-electron chi connectivity index (χ0n) is 9.53. The van der Waals surface area contributed by atoms with Crippen molar-refractivity contribution in [3.63, 3.8) is 0 Å². The van der Waals surface area contributed by atoms with Crippen molar-refractivity contribution in [1.82, 2.24) is 9.97 Å². The average molecular weight is 205 g/mol. The predicted octanol–water partition coefficient (Wildman–Crippen LogP) is 1.79. The van der Waals surface area contributed by atoms with Crippen molar-refractivity contribution in [3.05, 3.63) is 23.3 Å². The molecule has 0 aliphatic rings. The lowest BCUT2D eigenvalue weighted by molar-refractivity contribution is 0.181. The minimum Gasteiger partial charge on any atom is -0.378 e. The van der Waals surface area contributed by atoms with E-state index in [-0.39, 0.29) is 5.41 Å². The molecule has 0 aliphatic carbocycles. The van der Waals surface area contributed by atoms with Gasteiger partial charge in [0, 0.05) is 12.5 Å². The molecule has 0 atom stereocenters. The van der Waals surface area contributed by atoms with Crippen molar-refractivity contribution in [2.45, 2.75) is 32.8 Å². The fourth-order valence-corrected chi connectivity index (χ4v) is 1.27. The first-order valence-corrected chi connectivity index (χ1v) is 4.74. The highest BCUT2D eigenvalue weighted by atomic mass is 16.5. The lowest BCUT2D eigenvalue weighted by Crippen LogP contribution is -2.17. The lowest BCUT2D eigenvalue weighted by Gasteiger charge is -2.18. The highest BCUT2D eigenvalue weighted by Gasteiger charge is 2.21. The van der Waals surface area contributed by atoms with E-state index in [2.05, 4.69) is 16.0 Å². The number of rotatable bonds is 2. The summed E-state index contributed by atoms with van der Waals surface area (Å²) in [4.78, 5) is 8.47. The first-order chi connectivity index (χ1) is 6.99. The van der Waals surface area contributed by atoms with Crippen LogP contribution in [0.1, 0.15) is 37.9 Å². The number of hydrogen-bond acceptors (Lipinski definition) is 4. The molecule has 1 heterocycles. The number of ether oxygens (including phenoxy) is 1. The Morgan fingerprint density at radius 2 is 2.13 bits per heavy atom. The van der Waals surface area contributed by atoms with E-state index in [1.165, 1.54) is 0 Å². The monoisotopic (exact) mass is 205 g/mol. The summed E-state index contributed by atoms with van der Waals surface area (Å²) in [5.74, 6) is 0. The molecule has 0 unspecified atom stereocenters. The summed E-state index contributed by atoms with van der Waals surface area (Å²) in [5.41, 5.74) is 1.63. The van der Waals surface area contributed by atoms with Gasteiger partial charge in [-0.05, 0) is 0 Å². The van der Waals surface area contributed by atoms with Gasteiger partial charge in [0.05, 0.1) is 24.2 Å². The molecule has 0 saturated heterocycles. The third kappa shape index (κ3) is 2.74. The minimum atomic E-state index is -0.163. The van der Waals surface area contributed by atoms with Gasteiger partial charge in [0.25, 0.3) is 0 Å². The Morgan fingerprint density at radius 3 is 2.60 bits per heavy atom. The Morgan fingerprint density at radius 1 is 1.47 bits per heavy atom. The van der Waals surface area contributed by atoms with Crippen LogP contribution in [-0.4, -0.2) is 17.1 Å². The Hall–Kier alpha value is -1.47.